The van der Waals surface area contributed by atoms with E-state index in [9.17, 15) is 4.79 Å². The number of rotatable bonds is 2. The van der Waals surface area contributed by atoms with Gasteiger partial charge in [0.2, 0.25) is 0 Å². The summed E-state index contributed by atoms with van der Waals surface area (Å²) in [6.45, 7) is 5.68. The average molecular weight is 285 g/mol. The SMILES string of the molecule is Cc1ccc(NC(=O)c2sc(N)c(C#N)c2C)c(C)c1. The van der Waals surface area contributed by atoms with Gasteiger partial charge in [0.25, 0.3) is 5.91 Å². The van der Waals surface area contributed by atoms with E-state index >= 15 is 0 Å². The van der Waals surface area contributed by atoms with E-state index in [0.29, 0.717) is 21.0 Å². The number of nitrogens with zero attached hydrogens (tertiary/aromatic N) is 1. The highest BCUT2D eigenvalue weighted by Gasteiger charge is 2.19. The monoisotopic (exact) mass is 285 g/mol. The van der Waals surface area contributed by atoms with E-state index in [-0.39, 0.29) is 5.91 Å². The Morgan fingerprint density at radius 2 is 2.05 bits per heavy atom. The normalized spacial score (nSPS) is 10.1. The number of hydrogen-bond acceptors (Lipinski definition) is 4. The maximum atomic E-state index is 12.3. The molecule has 5 heteroatoms. The van der Waals surface area contributed by atoms with Gasteiger partial charge in [-0.1, -0.05) is 17.7 Å². The Hall–Kier alpha value is -2.32. The van der Waals surface area contributed by atoms with Crippen LogP contribution < -0.4 is 11.1 Å². The molecule has 1 aromatic heterocycles. The molecular weight excluding hydrogens is 270 g/mol. The Morgan fingerprint density at radius 3 is 2.60 bits per heavy atom. The number of aryl methyl sites for hydroxylation is 2. The molecule has 0 saturated heterocycles. The van der Waals surface area contributed by atoms with Crippen LogP contribution in [0.1, 0.15) is 31.9 Å². The zero-order valence-corrected chi connectivity index (χ0v) is 12.4. The molecule has 0 bridgehead atoms. The number of hydrogen-bond donors (Lipinski definition) is 2. The van der Waals surface area contributed by atoms with Crippen molar-refractivity contribution in [3.8, 4) is 6.07 Å². The predicted octanol–water partition coefficient (Wildman–Crippen LogP) is 3.38. The minimum Gasteiger partial charge on any atom is -0.389 e. The van der Waals surface area contributed by atoms with E-state index in [1.165, 1.54) is 0 Å². The Kier molecular flexibility index (Phi) is 3.77. The molecule has 20 heavy (non-hydrogen) atoms. The first-order valence-corrected chi connectivity index (χ1v) is 6.93. The van der Waals surface area contributed by atoms with E-state index in [1.807, 2.05) is 38.1 Å². The highest BCUT2D eigenvalue weighted by Crippen LogP contribution is 2.30. The van der Waals surface area contributed by atoms with Crippen LogP contribution in [0.25, 0.3) is 0 Å². The zero-order valence-electron chi connectivity index (χ0n) is 11.6. The van der Waals surface area contributed by atoms with Gasteiger partial charge >= 0.3 is 0 Å². The second kappa shape index (κ2) is 5.35. The fraction of sp³-hybridized carbons (Fsp3) is 0.200. The number of thiophene rings is 1. The highest BCUT2D eigenvalue weighted by molar-refractivity contribution is 7.18. The van der Waals surface area contributed by atoms with Gasteiger partial charge in [-0.15, -0.1) is 11.3 Å². The van der Waals surface area contributed by atoms with Gasteiger partial charge in [-0.2, -0.15) is 5.26 Å². The molecule has 0 radical (unpaired) electrons. The third-order valence-electron chi connectivity index (χ3n) is 3.12. The highest BCUT2D eigenvalue weighted by atomic mass is 32.1. The Balaban J connectivity index is 2.31. The van der Waals surface area contributed by atoms with Gasteiger partial charge in [-0.3, -0.25) is 4.79 Å². The summed E-state index contributed by atoms with van der Waals surface area (Å²) < 4.78 is 0. The molecule has 0 unspecified atom stereocenters. The molecule has 102 valence electrons. The van der Waals surface area contributed by atoms with Crippen LogP contribution in [0.15, 0.2) is 18.2 Å². The molecule has 1 heterocycles. The molecule has 0 fully saturated rings. The Bertz CT molecular complexity index is 725. The van der Waals surface area contributed by atoms with Crippen LogP contribution in [0.3, 0.4) is 0 Å². The number of nitriles is 1. The van der Waals surface area contributed by atoms with Crippen LogP contribution in [0.5, 0.6) is 0 Å². The fourth-order valence-corrected chi connectivity index (χ4v) is 2.94. The zero-order chi connectivity index (χ0) is 14.9. The lowest BCUT2D eigenvalue weighted by molar-refractivity contribution is 0.103. The van der Waals surface area contributed by atoms with E-state index in [4.69, 9.17) is 11.0 Å². The third-order valence-corrected chi connectivity index (χ3v) is 4.24. The van der Waals surface area contributed by atoms with Gasteiger partial charge in [-0.25, -0.2) is 0 Å². The smallest absolute Gasteiger partial charge is 0.266 e. The summed E-state index contributed by atoms with van der Waals surface area (Å²) >= 11 is 1.15. The van der Waals surface area contributed by atoms with Crippen molar-refractivity contribution in [3.05, 3.63) is 45.3 Å². The number of carbonyl (C=O) groups is 1. The molecule has 0 saturated carbocycles. The van der Waals surface area contributed by atoms with Crippen LogP contribution in [-0.2, 0) is 0 Å². The topological polar surface area (TPSA) is 78.9 Å². The summed E-state index contributed by atoms with van der Waals surface area (Å²) in [6.07, 6.45) is 0. The largest absolute Gasteiger partial charge is 0.389 e. The van der Waals surface area contributed by atoms with Crippen molar-refractivity contribution < 1.29 is 4.79 Å². The molecule has 4 nitrogen and oxygen atoms in total. The minimum absolute atomic E-state index is 0.229. The quantitative estimate of drug-likeness (QED) is 0.887. The number of benzene rings is 1. The third kappa shape index (κ3) is 2.51. The van der Waals surface area contributed by atoms with Crippen LogP contribution in [0.4, 0.5) is 10.7 Å². The molecule has 2 aromatic rings. The number of carbonyl (C=O) groups excluding carboxylic acids is 1. The van der Waals surface area contributed by atoms with Crippen molar-refractivity contribution in [3.63, 3.8) is 0 Å². The second-order valence-electron chi connectivity index (χ2n) is 4.68. The maximum Gasteiger partial charge on any atom is 0.266 e. The first-order valence-electron chi connectivity index (χ1n) is 6.11. The first-order chi connectivity index (χ1) is 9.43. The Morgan fingerprint density at radius 1 is 1.35 bits per heavy atom. The standard InChI is InChI=1S/C15H15N3OS/c1-8-4-5-12(9(2)6-8)18-15(19)13-10(3)11(7-16)14(17)20-13/h4-6H,17H2,1-3H3,(H,18,19). The summed E-state index contributed by atoms with van der Waals surface area (Å²) in [6, 6.07) is 7.85. The van der Waals surface area contributed by atoms with E-state index < -0.39 is 0 Å². The Labute approximate surface area is 121 Å². The van der Waals surface area contributed by atoms with E-state index in [2.05, 4.69) is 5.32 Å². The second-order valence-corrected chi connectivity index (χ2v) is 5.73. The summed E-state index contributed by atoms with van der Waals surface area (Å²) in [4.78, 5) is 12.8. The number of amides is 1. The maximum absolute atomic E-state index is 12.3. The van der Waals surface area contributed by atoms with Crippen molar-refractivity contribution in [2.45, 2.75) is 20.8 Å². The van der Waals surface area contributed by atoms with Crippen LogP contribution in [-0.4, -0.2) is 5.91 Å². The van der Waals surface area contributed by atoms with E-state index in [1.54, 1.807) is 6.92 Å². The van der Waals surface area contributed by atoms with Gasteiger partial charge in [-0.05, 0) is 38.0 Å². The molecule has 0 aliphatic carbocycles. The van der Waals surface area contributed by atoms with Crippen molar-refractivity contribution in [1.29, 1.82) is 5.26 Å². The van der Waals surface area contributed by atoms with Gasteiger partial charge in [0.05, 0.1) is 10.4 Å². The van der Waals surface area contributed by atoms with Crippen LogP contribution in [0, 0.1) is 32.1 Å². The lowest BCUT2D eigenvalue weighted by Crippen LogP contribution is -2.12. The summed E-state index contributed by atoms with van der Waals surface area (Å²) in [5.41, 5.74) is 9.69. The van der Waals surface area contributed by atoms with Crippen molar-refractivity contribution in [2.75, 3.05) is 11.1 Å². The number of nitrogen functional groups attached to an aromatic ring is 1. The molecule has 0 spiro atoms. The van der Waals surface area contributed by atoms with Crippen LogP contribution in [0.2, 0.25) is 0 Å². The number of anilines is 2. The molecule has 0 atom stereocenters. The molecule has 0 aliphatic heterocycles. The summed E-state index contributed by atoms with van der Waals surface area (Å²) in [7, 11) is 0. The molecular formula is C15H15N3OS. The first kappa shape index (κ1) is 14.1. The molecule has 1 aromatic carbocycles. The van der Waals surface area contributed by atoms with Crippen molar-refractivity contribution >= 4 is 27.9 Å². The summed E-state index contributed by atoms with van der Waals surface area (Å²) in [5, 5.41) is 12.3. The van der Waals surface area contributed by atoms with E-state index in [0.717, 1.165) is 28.2 Å². The lowest BCUT2D eigenvalue weighted by Gasteiger charge is -2.08. The van der Waals surface area contributed by atoms with Crippen LogP contribution >= 0.6 is 11.3 Å². The molecule has 1 amide bonds. The predicted molar refractivity (Wildman–Crippen MR) is 82.1 cm³/mol. The van der Waals surface area contributed by atoms with Gasteiger partial charge in [0.15, 0.2) is 0 Å². The summed E-state index contributed by atoms with van der Waals surface area (Å²) in [5.74, 6) is -0.229. The molecule has 0 aliphatic rings. The van der Waals surface area contributed by atoms with Gasteiger partial charge < -0.3 is 11.1 Å². The average Bonchev–Trinajstić information content (AvgIpc) is 2.68. The lowest BCUT2D eigenvalue weighted by atomic mass is 10.1. The molecule has 3 N–H and O–H groups in total. The number of nitrogens with two attached hydrogens (primary N) is 1. The van der Waals surface area contributed by atoms with Gasteiger partial charge in [0, 0.05) is 5.69 Å². The number of nitrogens with one attached hydrogen (secondary N) is 1. The van der Waals surface area contributed by atoms with Crippen molar-refractivity contribution in [1.82, 2.24) is 0 Å². The fourth-order valence-electron chi connectivity index (χ4n) is 2.02. The molecule has 2 rings (SSSR count). The van der Waals surface area contributed by atoms with Gasteiger partial charge in [0.1, 0.15) is 11.1 Å². The van der Waals surface area contributed by atoms with Crippen molar-refractivity contribution in [2.24, 2.45) is 0 Å². The minimum atomic E-state index is -0.229.